The van der Waals surface area contributed by atoms with Gasteiger partial charge in [0.05, 0.1) is 25.9 Å². The third kappa shape index (κ3) is 6.59. The van der Waals surface area contributed by atoms with Crippen molar-refractivity contribution in [2.75, 3.05) is 19.8 Å². The van der Waals surface area contributed by atoms with Crippen molar-refractivity contribution in [2.45, 2.75) is 40.1 Å². The van der Waals surface area contributed by atoms with E-state index in [9.17, 15) is 10.0 Å². The van der Waals surface area contributed by atoms with Crippen molar-refractivity contribution >= 4 is 12.6 Å². The second kappa shape index (κ2) is 9.92. The van der Waals surface area contributed by atoms with Crippen molar-refractivity contribution in [3.05, 3.63) is 29.3 Å². The molecule has 0 aliphatic rings. The van der Waals surface area contributed by atoms with Gasteiger partial charge in [-0.15, -0.1) is 0 Å². The fourth-order valence-corrected chi connectivity index (χ4v) is 2.01. The molecule has 1 aromatic rings. The average Bonchev–Trinajstić information content (AvgIpc) is 2.45. The molecule has 1 aromatic carbocycles. The van der Waals surface area contributed by atoms with Gasteiger partial charge in [-0.3, -0.25) is 0 Å². The van der Waals surface area contributed by atoms with Gasteiger partial charge < -0.3 is 24.3 Å². The van der Waals surface area contributed by atoms with Gasteiger partial charge in [-0.05, 0) is 37.4 Å². The van der Waals surface area contributed by atoms with Gasteiger partial charge in [0.25, 0.3) is 0 Å². The first-order valence-corrected chi connectivity index (χ1v) is 7.33. The average molecular weight is 296 g/mol. The highest BCUT2D eigenvalue weighted by Gasteiger charge is 2.16. The minimum atomic E-state index is -1.49. The highest BCUT2D eigenvalue weighted by molar-refractivity contribution is 6.59. The van der Waals surface area contributed by atoms with Crippen LogP contribution in [0.4, 0.5) is 0 Å². The van der Waals surface area contributed by atoms with Crippen molar-refractivity contribution in [1.29, 1.82) is 0 Å². The number of hydrogen-bond acceptors (Lipinski definition) is 5. The lowest BCUT2D eigenvalue weighted by molar-refractivity contribution is -0.00716. The van der Waals surface area contributed by atoms with Crippen LogP contribution in [0.25, 0.3) is 0 Å². The standard InChI is InChI=1S/C15H25BO5/c1-4-19-11-14-8-13(6-7-15(14)16(17)18)10-20-9-12(3)21-5-2/h6-8,12,17-18H,4-5,9-11H2,1-3H3/t12-/m1/s1. The Hall–Kier alpha value is -0.915. The summed E-state index contributed by atoms with van der Waals surface area (Å²) >= 11 is 0. The summed E-state index contributed by atoms with van der Waals surface area (Å²) in [6, 6.07) is 5.41. The fraction of sp³-hybridized carbons (Fsp3) is 0.600. The zero-order valence-electron chi connectivity index (χ0n) is 13.0. The van der Waals surface area contributed by atoms with Gasteiger partial charge in [-0.1, -0.05) is 18.2 Å². The second-order valence-corrected chi connectivity index (χ2v) is 4.83. The quantitative estimate of drug-likeness (QED) is 0.626. The maximum atomic E-state index is 9.35. The van der Waals surface area contributed by atoms with Crippen LogP contribution in [-0.4, -0.2) is 43.1 Å². The lowest BCUT2D eigenvalue weighted by Gasteiger charge is -2.14. The minimum Gasteiger partial charge on any atom is -0.423 e. The summed E-state index contributed by atoms with van der Waals surface area (Å²) in [4.78, 5) is 0. The molecule has 1 atom stereocenters. The normalized spacial score (nSPS) is 12.4. The van der Waals surface area contributed by atoms with E-state index in [4.69, 9.17) is 14.2 Å². The molecule has 2 N–H and O–H groups in total. The van der Waals surface area contributed by atoms with Crippen LogP contribution >= 0.6 is 0 Å². The van der Waals surface area contributed by atoms with Crippen molar-refractivity contribution < 1.29 is 24.3 Å². The highest BCUT2D eigenvalue weighted by atomic mass is 16.5. The predicted molar refractivity (Wildman–Crippen MR) is 82.3 cm³/mol. The maximum Gasteiger partial charge on any atom is 0.488 e. The predicted octanol–water partition coefficient (Wildman–Crippen LogP) is 0.844. The van der Waals surface area contributed by atoms with Crippen LogP contribution in [0.5, 0.6) is 0 Å². The molecule has 0 unspecified atom stereocenters. The molecule has 0 aliphatic heterocycles. The molecule has 0 aliphatic carbocycles. The molecule has 0 bridgehead atoms. The molecule has 0 aromatic heterocycles. The summed E-state index contributed by atoms with van der Waals surface area (Å²) in [6.45, 7) is 8.41. The van der Waals surface area contributed by atoms with Crippen LogP contribution in [0, 0.1) is 0 Å². The molecule has 5 nitrogen and oxygen atoms in total. The summed E-state index contributed by atoms with van der Waals surface area (Å²) in [5.41, 5.74) is 2.21. The molecule has 0 heterocycles. The van der Waals surface area contributed by atoms with Crippen LogP contribution in [0.3, 0.4) is 0 Å². The first kappa shape index (κ1) is 18.1. The third-order valence-corrected chi connectivity index (χ3v) is 3.02. The summed E-state index contributed by atoms with van der Waals surface area (Å²) < 4.78 is 16.4. The number of ether oxygens (including phenoxy) is 3. The molecule has 0 saturated carbocycles. The van der Waals surface area contributed by atoms with Crippen molar-refractivity contribution in [2.24, 2.45) is 0 Å². The lowest BCUT2D eigenvalue weighted by Crippen LogP contribution is -2.33. The Morgan fingerprint density at radius 1 is 1.10 bits per heavy atom. The Morgan fingerprint density at radius 2 is 1.86 bits per heavy atom. The molecule has 1 rings (SSSR count). The van der Waals surface area contributed by atoms with Gasteiger partial charge in [0.1, 0.15) is 0 Å². The monoisotopic (exact) mass is 296 g/mol. The SMILES string of the molecule is CCOCc1cc(COC[C@@H](C)OCC)ccc1B(O)O. The molecule has 21 heavy (non-hydrogen) atoms. The van der Waals surface area contributed by atoms with Crippen LogP contribution in [0.2, 0.25) is 0 Å². The van der Waals surface area contributed by atoms with Crippen LogP contribution in [-0.2, 0) is 27.4 Å². The molecule has 0 saturated heterocycles. The Labute approximate surface area is 127 Å². The third-order valence-electron chi connectivity index (χ3n) is 3.02. The van der Waals surface area contributed by atoms with E-state index in [1.165, 1.54) is 0 Å². The van der Waals surface area contributed by atoms with Crippen molar-refractivity contribution in [3.8, 4) is 0 Å². The molecular weight excluding hydrogens is 271 g/mol. The number of rotatable bonds is 10. The molecule has 0 radical (unpaired) electrons. The first-order chi connectivity index (χ1) is 10.1. The molecule has 0 fully saturated rings. The van der Waals surface area contributed by atoms with E-state index >= 15 is 0 Å². The first-order valence-electron chi connectivity index (χ1n) is 7.33. The lowest BCUT2D eigenvalue weighted by atomic mass is 9.76. The summed E-state index contributed by atoms with van der Waals surface area (Å²) in [6.07, 6.45) is 0.0661. The highest BCUT2D eigenvalue weighted by Crippen LogP contribution is 2.08. The van der Waals surface area contributed by atoms with Crippen molar-refractivity contribution in [3.63, 3.8) is 0 Å². The molecule has 0 spiro atoms. The summed E-state index contributed by atoms with van der Waals surface area (Å²) in [5, 5.41) is 18.7. The van der Waals surface area contributed by atoms with Gasteiger partial charge in [-0.25, -0.2) is 0 Å². The smallest absolute Gasteiger partial charge is 0.423 e. The zero-order chi connectivity index (χ0) is 15.7. The number of benzene rings is 1. The summed E-state index contributed by atoms with van der Waals surface area (Å²) in [7, 11) is -1.49. The number of hydrogen-bond donors (Lipinski definition) is 2. The van der Waals surface area contributed by atoms with Gasteiger partial charge in [0.15, 0.2) is 0 Å². The van der Waals surface area contributed by atoms with Gasteiger partial charge >= 0.3 is 7.12 Å². The Bertz CT molecular complexity index is 411. The van der Waals surface area contributed by atoms with E-state index in [0.717, 1.165) is 11.1 Å². The molecular formula is C15H25BO5. The molecule has 6 heteroatoms. The van der Waals surface area contributed by atoms with E-state index in [1.54, 1.807) is 6.07 Å². The molecule has 118 valence electrons. The van der Waals surface area contributed by atoms with Gasteiger partial charge in [0, 0.05) is 13.2 Å². The van der Waals surface area contributed by atoms with E-state index in [0.29, 0.717) is 38.5 Å². The maximum absolute atomic E-state index is 9.35. The van der Waals surface area contributed by atoms with Crippen LogP contribution < -0.4 is 5.46 Å². The van der Waals surface area contributed by atoms with E-state index < -0.39 is 7.12 Å². The van der Waals surface area contributed by atoms with Gasteiger partial charge in [-0.2, -0.15) is 0 Å². The fourth-order valence-electron chi connectivity index (χ4n) is 2.01. The summed E-state index contributed by atoms with van der Waals surface area (Å²) in [5.74, 6) is 0. The Balaban J connectivity index is 2.62. The van der Waals surface area contributed by atoms with Crippen LogP contribution in [0.15, 0.2) is 18.2 Å². The van der Waals surface area contributed by atoms with Crippen molar-refractivity contribution in [1.82, 2.24) is 0 Å². The topological polar surface area (TPSA) is 68.2 Å². The zero-order valence-corrected chi connectivity index (χ0v) is 13.0. The van der Waals surface area contributed by atoms with E-state index in [-0.39, 0.29) is 6.10 Å². The van der Waals surface area contributed by atoms with E-state index in [1.807, 2.05) is 32.9 Å². The Morgan fingerprint density at radius 3 is 2.48 bits per heavy atom. The van der Waals surface area contributed by atoms with Crippen LogP contribution in [0.1, 0.15) is 31.9 Å². The largest absolute Gasteiger partial charge is 0.488 e. The minimum absolute atomic E-state index is 0.0661. The second-order valence-electron chi connectivity index (χ2n) is 4.83. The van der Waals surface area contributed by atoms with E-state index in [2.05, 4.69) is 0 Å². The van der Waals surface area contributed by atoms with Gasteiger partial charge in [0.2, 0.25) is 0 Å². The molecule has 0 amide bonds. The Kier molecular flexibility index (Phi) is 8.57.